The fraction of sp³-hybridized carbons (Fsp3) is 0.500. The fourth-order valence-corrected chi connectivity index (χ4v) is 1.26. The highest BCUT2D eigenvalue weighted by atomic mass is 32.2. The van der Waals surface area contributed by atoms with Crippen molar-refractivity contribution in [1.82, 2.24) is 20.5 Å². The second kappa shape index (κ2) is 5.01. The number of H-pyrrole nitrogens is 1. The molecule has 15 heavy (non-hydrogen) atoms. The SMILES string of the molecule is O=C(CSc1ncn[nH]1)NCC(F)(F)F. The van der Waals surface area contributed by atoms with Crippen LogP contribution in [0.3, 0.4) is 0 Å². The highest BCUT2D eigenvalue weighted by molar-refractivity contribution is 7.99. The lowest BCUT2D eigenvalue weighted by molar-refractivity contribution is -0.136. The number of hydrogen-bond acceptors (Lipinski definition) is 4. The normalized spacial score (nSPS) is 11.4. The van der Waals surface area contributed by atoms with E-state index in [0.29, 0.717) is 5.16 Å². The van der Waals surface area contributed by atoms with Crippen LogP contribution in [0.25, 0.3) is 0 Å². The Labute approximate surface area is 86.8 Å². The summed E-state index contributed by atoms with van der Waals surface area (Å²) < 4.78 is 35.0. The van der Waals surface area contributed by atoms with Gasteiger partial charge in [0, 0.05) is 0 Å². The Morgan fingerprint density at radius 3 is 2.87 bits per heavy atom. The quantitative estimate of drug-likeness (QED) is 0.755. The maximum absolute atomic E-state index is 11.7. The number of nitrogens with one attached hydrogen (secondary N) is 2. The molecule has 0 atom stereocenters. The molecule has 0 fully saturated rings. The van der Waals surface area contributed by atoms with Crippen LogP contribution >= 0.6 is 11.8 Å². The number of amides is 1. The summed E-state index contributed by atoms with van der Waals surface area (Å²) in [5.74, 6) is -0.834. The van der Waals surface area contributed by atoms with Gasteiger partial charge in [-0.1, -0.05) is 11.8 Å². The van der Waals surface area contributed by atoms with Crippen molar-refractivity contribution in [1.29, 1.82) is 0 Å². The van der Waals surface area contributed by atoms with Gasteiger partial charge in [0.2, 0.25) is 5.91 Å². The van der Waals surface area contributed by atoms with Crippen molar-refractivity contribution < 1.29 is 18.0 Å². The summed E-state index contributed by atoms with van der Waals surface area (Å²) in [6.45, 7) is -1.32. The molecule has 1 heterocycles. The number of hydrogen-bond donors (Lipinski definition) is 2. The maximum atomic E-state index is 11.7. The van der Waals surface area contributed by atoms with E-state index >= 15 is 0 Å². The minimum Gasteiger partial charge on any atom is -0.346 e. The third-order valence-corrected chi connectivity index (χ3v) is 2.10. The number of alkyl halides is 3. The van der Waals surface area contributed by atoms with E-state index < -0.39 is 18.6 Å². The van der Waals surface area contributed by atoms with E-state index in [1.54, 1.807) is 5.32 Å². The van der Waals surface area contributed by atoms with Gasteiger partial charge in [-0.15, -0.1) is 0 Å². The molecule has 9 heteroatoms. The number of aromatic amines is 1. The molecule has 0 aliphatic carbocycles. The van der Waals surface area contributed by atoms with Gasteiger partial charge in [-0.05, 0) is 0 Å². The molecular formula is C6H7F3N4OS. The van der Waals surface area contributed by atoms with E-state index in [1.807, 2.05) is 0 Å². The lowest BCUT2D eigenvalue weighted by atomic mass is 10.6. The van der Waals surface area contributed by atoms with Gasteiger partial charge in [0.1, 0.15) is 12.9 Å². The topological polar surface area (TPSA) is 70.7 Å². The molecule has 0 aliphatic heterocycles. The molecular weight excluding hydrogens is 233 g/mol. The van der Waals surface area contributed by atoms with Gasteiger partial charge < -0.3 is 5.32 Å². The molecule has 0 spiro atoms. The molecule has 1 amide bonds. The maximum Gasteiger partial charge on any atom is 0.405 e. The molecule has 0 saturated carbocycles. The Kier molecular flexibility index (Phi) is 3.95. The van der Waals surface area contributed by atoms with Crippen molar-refractivity contribution >= 4 is 17.7 Å². The smallest absolute Gasteiger partial charge is 0.346 e. The van der Waals surface area contributed by atoms with Gasteiger partial charge in [-0.25, -0.2) is 4.98 Å². The molecule has 0 unspecified atom stereocenters. The first-order valence-electron chi connectivity index (χ1n) is 3.79. The summed E-state index contributed by atoms with van der Waals surface area (Å²) in [6.07, 6.45) is -3.14. The highest BCUT2D eigenvalue weighted by Crippen LogP contribution is 2.13. The molecule has 2 N–H and O–H groups in total. The molecule has 0 saturated heterocycles. The van der Waals surface area contributed by atoms with Crippen LogP contribution < -0.4 is 5.32 Å². The summed E-state index contributed by atoms with van der Waals surface area (Å²) in [5.41, 5.74) is 0. The largest absolute Gasteiger partial charge is 0.405 e. The Bertz CT molecular complexity index is 313. The molecule has 0 radical (unpaired) electrons. The summed E-state index contributed by atoms with van der Waals surface area (Å²) in [7, 11) is 0. The lowest BCUT2D eigenvalue weighted by Gasteiger charge is -2.07. The summed E-state index contributed by atoms with van der Waals surface area (Å²) >= 11 is 0.977. The summed E-state index contributed by atoms with van der Waals surface area (Å²) in [4.78, 5) is 14.6. The first kappa shape index (κ1) is 11.8. The summed E-state index contributed by atoms with van der Waals surface area (Å²) in [6, 6.07) is 0. The number of nitrogens with zero attached hydrogens (tertiary/aromatic N) is 2. The van der Waals surface area contributed by atoms with Gasteiger partial charge in [0.15, 0.2) is 5.16 Å². The van der Waals surface area contributed by atoms with Crippen LogP contribution in [0.1, 0.15) is 0 Å². The van der Waals surface area contributed by atoms with Crippen LogP contribution in [-0.4, -0.2) is 39.6 Å². The minimum absolute atomic E-state index is 0.134. The summed E-state index contributed by atoms with van der Waals surface area (Å²) in [5, 5.41) is 8.11. The van der Waals surface area contributed by atoms with E-state index in [2.05, 4.69) is 15.2 Å². The number of rotatable bonds is 4. The van der Waals surface area contributed by atoms with E-state index in [-0.39, 0.29) is 5.75 Å². The van der Waals surface area contributed by atoms with Gasteiger partial charge in [0.05, 0.1) is 5.75 Å². The minimum atomic E-state index is -4.38. The number of thioether (sulfide) groups is 1. The second-order valence-corrected chi connectivity index (χ2v) is 3.44. The molecule has 1 aromatic rings. The standard InChI is InChI=1S/C6H7F3N4OS/c7-6(8,9)2-10-4(14)1-15-5-11-3-12-13-5/h3H,1-2H2,(H,10,14)(H,11,12,13). The number of carbonyl (C=O) groups is 1. The first-order chi connectivity index (χ1) is 6.97. The lowest BCUT2D eigenvalue weighted by Crippen LogP contribution is -2.34. The molecule has 1 aromatic heterocycles. The van der Waals surface area contributed by atoms with Crippen LogP contribution in [0, 0.1) is 0 Å². The van der Waals surface area contributed by atoms with Crippen LogP contribution in [0.4, 0.5) is 13.2 Å². The van der Waals surface area contributed by atoms with Crippen molar-refractivity contribution in [3.8, 4) is 0 Å². The first-order valence-corrected chi connectivity index (χ1v) is 4.77. The van der Waals surface area contributed by atoms with Crippen LogP contribution in [-0.2, 0) is 4.79 Å². The number of halogens is 3. The van der Waals surface area contributed by atoms with E-state index in [1.165, 1.54) is 6.33 Å². The van der Waals surface area contributed by atoms with Gasteiger partial charge in [-0.3, -0.25) is 9.89 Å². The molecule has 84 valence electrons. The molecule has 0 aromatic carbocycles. The Morgan fingerprint density at radius 2 is 2.33 bits per heavy atom. The predicted octanol–water partition coefficient (Wildman–Crippen LogP) is 0.575. The monoisotopic (exact) mass is 240 g/mol. The van der Waals surface area contributed by atoms with Crippen molar-refractivity contribution in [3.63, 3.8) is 0 Å². The van der Waals surface area contributed by atoms with E-state index in [9.17, 15) is 18.0 Å². The molecule has 0 aliphatic rings. The molecule has 0 bridgehead atoms. The van der Waals surface area contributed by atoms with Crippen LogP contribution in [0.2, 0.25) is 0 Å². The molecule has 1 rings (SSSR count). The van der Waals surface area contributed by atoms with Crippen molar-refractivity contribution in [2.24, 2.45) is 0 Å². The van der Waals surface area contributed by atoms with E-state index in [0.717, 1.165) is 11.8 Å². The van der Waals surface area contributed by atoms with Gasteiger partial charge in [0.25, 0.3) is 0 Å². The zero-order valence-electron chi connectivity index (χ0n) is 7.34. The van der Waals surface area contributed by atoms with E-state index in [4.69, 9.17) is 0 Å². The Hall–Kier alpha value is -1.25. The third-order valence-electron chi connectivity index (χ3n) is 1.22. The number of carbonyl (C=O) groups excluding carboxylic acids is 1. The average Bonchev–Trinajstić information content (AvgIpc) is 2.62. The second-order valence-electron chi connectivity index (χ2n) is 2.47. The zero-order chi connectivity index (χ0) is 11.3. The van der Waals surface area contributed by atoms with Gasteiger partial charge >= 0.3 is 6.18 Å². The predicted molar refractivity (Wildman–Crippen MR) is 46.2 cm³/mol. The average molecular weight is 240 g/mol. The van der Waals surface area contributed by atoms with Crippen molar-refractivity contribution in [3.05, 3.63) is 6.33 Å². The van der Waals surface area contributed by atoms with Crippen molar-refractivity contribution in [2.75, 3.05) is 12.3 Å². The Morgan fingerprint density at radius 1 is 1.60 bits per heavy atom. The van der Waals surface area contributed by atoms with Crippen LogP contribution in [0.5, 0.6) is 0 Å². The Balaban J connectivity index is 2.20. The number of aromatic nitrogens is 3. The van der Waals surface area contributed by atoms with Crippen LogP contribution in [0.15, 0.2) is 11.5 Å². The molecule has 5 nitrogen and oxygen atoms in total. The third kappa shape index (κ3) is 5.25. The van der Waals surface area contributed by atoms with Gasteiger partial charge in [-0.2, -0.15) is 18.3 Å². The fourth-order valence-electron chi connectivity index (χ4n) is 0.648. The van der Waals surface area contributed by atoms with Crippen molar-refractivity contribution in [2.45, 2.75) is 11.3 Å². The highest BCUT2D eigenvalue weighted by Gasteiger charge is 2.27. The zero-order valence-corrected chi connectivity index (χ0v) is 8.15.